The fraction of sp³-hybridized carbons (Fsp3) is 0.368. The first kappa shape index (κ1) is 14.0. The lowest BCUT2D eigenvalue weighted by Gasteiger charge is -2.30. The SMILES string of the molecule is Cc1cc(OCC2Cc3ccccc32)c(C(C)C)cc1N. The summed E-state index contributed by atoms with van der Waals surface area (Å²) in [5.74, 6) is 1.93. The van der Waals surface area contributed by atoms with Crippen molar-refractivity contribution < 1.29 is 4.74 Å². The van der Waals surface area contributed by atoms with Crippen LogP contribution < -0.4 is 10.5 Å². The van der Waals surface area contributed by atoms with Gasteiger partial charge in [0.2, 0.25) is 0 Å². The van der Waals surface area contributed by atoms with Crippen molar-refractivity contribution in [2.75, 3.05) is 12.3 Å². The molecule has 0 aromatic heterocycles. The van der Waals surface area contributed by atoms with Gasteiger partial charge in [-0.1, -0.05) is 38.1 Å². The summed E-state index contributed by atoms with van der Waals surface area (Å²) in [4.78, 5) is 0. The molecule has 2 nitrogen and oxygen atoms in total. The van der Waals surface area contributed by atoms with Crippen LogP contribution in [0.3, 0.4) is 0 Å². The molecule has 0 heterocycles. The first-order chi connectivity index (χ1) is 10.1. The summed E-state index contributed by atoms with van der Waals surface area (Å²) in [5, 5.41) is 0. The Balaban J connectivity index is 1.76. The third kappa shape index (κ3) is 2.63. The summed E-state index contributed by atoms with van der Waals surface area (Å²) in [6.45, 7) is 7.14. The predicted molar refractivity (Wildman–Crippen MR) is 88.1 cm³/mol. The van der Waals surface area contributed by atoms with Crippen molar-refractivity contribution in [1.82, 2.24) is 0 Å². The molecule has 110 valence electrons. The summed E-state index contributed by atoms with van der Waals surface area (Å²) in [5.41, 5.74) is 12.1. The molecule has 0 amide bonds. The highest BCUT2D eigenvalue weighted by Gasteiger charge is 2.26. The molecule has 1 aliphatic rings. The molecule has 21 heavy (non-hydrogen) atoms. The molecule has 0 saturated carbocycles. The Morgan fingerprint density at radius 3 is 2.71 bits per heavy atom. The highest BCUT2D eigenvalue weighted by molar-refractivity contribution is 5.55. The van der Waals surface area contributed by atoms with E-state index in [1.807, 2.05) is 6.92 Å². The zero-order valence-corrected chi connectivity index (χ0v) is 13.0. The number of anilines is 1. The van der Waals surface area contributed by atoms with Gasteiger partial charge in [-0.15, -0.1) is 0 Å². The summed E-state index contributed by atoms with van der Waals surface area (Å²) < 4.78 is 6.14. The molecular weight excluding hydrogens is 258 g/mol. The van der Waals surface area contributed by atoms with E-state index in [1.54, 1.807) is 0 Å². The van der Waals surface area contributed by atoms with E-state index in [2.05, 4.69) is 50.2 Å². The Morgan fingerprint density at radius 2 is 2.00 bits per heavy atom. The molecule has 2 N–H and O–H groups in total. The van der Waals surface area contributed by atoms with Crippen molar-refractivity contribution in [3.8, 4) is 5.75 Å². The lowest BCUT2D eigenvalue weighted by atomic mass is 9.78. The number of rotatable bonds is 4. The van der Waals surface area contributed by atoms with Crippen LogP contribution in [0.15, 0.2) is 36.4 Å². The van der Waals surface area contributed by atoms with E-state index < -0.39 is 0 Å². The first-order valence-corrected chi connectivity index (χ1v) is 7.67. The van der Waals surface area contributed by atoms with Crippen LogP contribution in [0.25, 0.3) is 0 Å². The molecule has 0 bridgehead atoms. The molecular formula is C19H23NO. The molecule has 0 fully saturated rings. The molecule has 1 unspecified atom stereocenters. The summed E-state index contributed by atoms with van der Waals surface area (Å²) in [6, 6.07) is 12.8. The minimum atomic E-state index is 0.413. The van der Waals surface area contributed by atoms with Gasteiger partial charge in [-0.25, -0.2) is 0 Å². The number of ether oxygens (including phenoxy) is 1. The van der Waals surface area contributed by atoms with E-state index in [0.29, 0.717) is 11.8 Å². The standard InChI is InChI=1S/C19H23NO/c1-12(2)17-10-18(20)13(3)8-19(17)21-11-15-9-14-6-4-5-7-16(14)15/h4-8,10,12,15H,9,11,20H2,1-3H3. The van der Waals surface area contributed by atoms with Crippen molar-refractivity contribution in [2.45, 2.75) is 39.0 Å². The third-order valence-corrected chi connectivity index (χ3v) is 4.42. The minimum absolute atomic E-state index is 0.413. The highest BCUT2D eigenvalue weighted by Crippen LogP contribution is 2.37. The maximum atomic E-state index is 6.14. The van der Waals surface area contributed by atoms with Gasteiger partial charge < -0.3 is 10.5 Å². The topological polar surface area (TPSA) is 35.2 Å². The maximum absolute atomic E-state index is 6.14. The molecule has 2 aromatic carbocycles. The number of fused-ring (bicyclic) bond motifs is 1. The molecule has 1 atom stereocenters. The zero-order valence-electron chi connectivity index (χ0n) is 13.0. The Labute approximate surface area is 126 Å². The molecule has 2 aromatic rings. The molecule has 0 radical (unpaired) electrons. The number of nitrogen functional groups attached to an aromatic ring is 1. The van der Waals surface area contributed by atoms with Gasteiger partial charge in [0.05, 0.1) is 6.61 Å². The largest absolute Gasteiger partial charge is 0.493 e. The lowest BCUT2D eigenvalue weighted by Crippen LogP contribution is -2.23. The van der Waals surface area contributed by atoms with Crippen molar-refractivity contribution in [2.24, 2.45) is 0 Å². The minimum Gasteiger partial charge on any atom is -0.493 e. The van der Waals surface area contributed by atoms with Gasteiger partial charge in [0.15, 0.2) is 0 Å². The lowest BCUT2D eigenvalue weighted by molar-refractivity contribution is 0.272. The summed E-state index contributed by atoms with van der Waals surface area (Å²) in [7, 11) is 0. The number of hydrogen-bond donors (Lipinski definition) is 1. The molecule has 3 rings (SSSR count). The quantitative estimate of drug-likeness (QED) is 0.842. The van der Waals surface area contributed by atoms with Crippen molar-refractivity contribution >= 4 is 5.69 Å². The van der Waals surface area contributed by atoms with E-state index in [4.69, 9.17) is 10.5 Å². The monoisotopic (exact) mass is 281 g/mol. The molecule has 0 spiro atoms. The predicted octanol–water partition coefficient (Wildman–Crippen LogP) is 4.42. The maximum Gasteiger partial charge on any atom is 0.123 e. The smallest absolute Gasteiger partial charge is 0.123 e. The molecule has 1 aliphatic carbocycles. The second-order valence-electron chi connectivity index (χ2n) is 6.31. The van der Waals surface area contributed by atoms with Crippen molar-refractivity contribution in [1.29, 1.82) is 0 Å². The van der Waals surface area contributed by atoms with Gasteiger partial charge in [0.1, 0.15) is 5.75 Å². The molecule has 0 aliphatic heterocycles. The number of nitrogens with two attached hydrogens (primary N) is 1. The highest BCUT2D eigenvalue weighted by atomic mass is 16.5. The summed E-state index contributed by atoms with van der Waals surface area (Å²) in [6.07, 6.45) is 1.13. The van der Waals surface area contributed by atoms with Crippen molar-refractivity contribution in [3.63, 3.8) is 0 Å². The van der Waals surface area contributed by atoms with Crippen LogP contribution in [0, 0.1) is 6.92 Å². The van der Waals surface area contributed by atoms with Gasteiger partial charge in [0.25, 0.3) is 0 Å². The fourth-order valence-corrected chi connectivity index (χ4v) is 2.99. The van der Waals surface area contributed by atoms with Crippen LogP contribution in [0.1, 0.15) is 47.9 Å². The Morgan fingerprint density at radius 1 is 1.24 bits per heavy atom. The van der Waals surface area contributed by atoms with Gasteiger partial charge >= 0.3 is 0 Å². The van der Waals surface area contributed by atoms with Gasteiger partial charge in [-0.05, 0) is 53.6 Å². The second-order valence-corrected chi connectivity index (χ2v) is 6.31. The third-order valence-electron chi connectivity index (χ3n) is 4.42. The van der Waals surface area contributed by atoms with E-state index >= 15 is 0 Å². The summed E-state index contributed by atoms with van der Waals surface area (Å²) >= 11 is 0. The number of hydrogen-bond acceptors (Lipinski definition) is 2. The average Bonchev–Trinajstić information content (AvgIpc) is 2.43. The van der Waals surface area contributed by atoms with Crippen LogP contribution in [-0.4, -0.2) is 6.61 Å². The fourth-order valence-electron chi connectivity index (χ4n) is 2.99. The number of benzene rings is 2. The second kappa shape index (κ2) is 5.44. The average molecular weight is 281 g/mol. The van der Waals surface area contributed by atoms with Crippen LogP contribution in [0.4, 0.5) is 5.69 Å². The van der Waals surface area contributed by atoms with Crippen LogP contribution >= 0.6 is 0 Å². The van der Waals surface area contributed by atoms with Crippen LogP contribution in [0.5, 0.6) is 5.75 Å². The van der Waals surface area contributed by atoms with Crippen LogP contribution in [0.2, 0.25) is 0 Å². The Hall–Kier alpha value is -1.96. The van der Waals surface area contributed by atoms with Crippen LogP contribution in [-0.2, 0) is 6.42 Å². The molecule has 0 saturated heterocycles. The zero-order chi connectivity index (χ0) is 15.0. The van der Waals surface area contributed by atoms with Crippen molar-refractivity contribution in [3.05, 3.63) is 58.7 Å². The normalized spacial score (nSPS) is 16.5. The van der Waals surface area contributed by atoms with E-state index in [1.165, 1.54) is 16.7 Å². The Bertz CT molecular complexity index is 661. The first-order valence-electron chi connectivity index (χ1n) is 7.67. The molecule has 2 heteroatoms. The van der Waals surface area contributed by atoms with Gasteiger partial charge in [-0.2, -0.15) is 0 Å². The van der Waals surface area contributed by atoms with E-state index in [0.717, 1.165) is 30.0 Å². The van der Waals surface area contributed by atoms with Gasteiger partial charge in [-0.3, -0.25) is 0 Å². The van der Waals surface area contributed by atoms with E-state index in [-0.39, 0.29) is 0 Å². The number of aryl methyl sites for hydroxylation is 1. The Kier molecular flexibility index (Phi) is 3.62. The van der Waals surface area contributed by atoms with Gasteiger partial charge in [0, 0.05) is 11.6 Å². The van der Waals surface area contributed by atoms with E-state index in [9.17, 15) is 0 Å².